The van der Waals surface area contributed by atoms with Crippen molar-refractivity contribution in [1.29, 1.82) is 5.26 Å². The van der Waals surface area contributed by atoms with E-state index in [9.17, 15) is 4.79 Å². The molecule has 1 heterocycles. The van der Waals surface area contributed by atoms with Crippen molar-refractivity contribution in [1.82, 2.24) is 4.98 Å². The molecule has 106 valence electrons. The average molecular weight is 272 g/mol. The van der Waals surface area contributed by atoms with E-state index in [-0.39, 0.29) is 11.9 Å². The highest BCUT2D eigenvalue weighted by Crippen LogP contribution is 2.32. The van der Waals surface area contributed by atoms with Gasteiger partial charge in [-0.05, 0) is 56.1 Å². The summed E-state index contributed by atoms with van der Waals surface area (Å²) in [5.74, 6) is 0.569. The van der Waals surface area contributed by atoms with Crippen LogP contribution in [0.1, 0.15) is 42.4 Å². The van der Waals surface area contributed by atoms with E-state index in [1.54, 1.807) is 6.20 Å². The number of nitrogens with zero attached hydrogens (tertiary/aromatic N) is 2. The molecular weight excluding hydrogens is 252 g/mol. The lowest BCUT2D eigenvalue weighted by molar-refractivity contribution is -0.146. The highest BCUT2D eigenvalue weighted by Gasteiger charge is 2.27. The van der Waals surface area contributed by atoms with Crippen molar-refractivity contribution in [2.24, 2.45) is 11.8 Å². The Morgan fingerprint density at radius 1 is 1.40 bits per heavy atom. The molecule has 4 nitrogen and oxygen atoms in total. The van der Waals surface area contributed by atoms with Gasteiger partial charge in [0.25, 0.3) is 0 Å². The summed E-state index contributed by atoms with van der Waals surface area (Å²) in [4.78, 5) is 15.6. The molecular formula is C16H20N2O2. The third-order valence-electron chi connectivity index (χ3n) is 4.33. The molecule has 0 atom stereocenters. The zero-order valence-electron chi connectivity index (χ0n) is 12.1. The zero-order chi connectivity index (χ0) is 14.5. The lowest BCUT2D eigenvalue weighted by Crippen LogP contribution is -2.23. The minimum absolute atomic E-state index is 0.0703. The third kappa shape index (κ3) is 3.16. The zero-order valence-corrected chi connectivity index (χ0v) is 12.1. The number of aromatic nitrogens is 1. The van der Waals surface area contributed by atoms with Crippen molar-refractivity contribution in [3.63, 3.8) is 0 Å². The quantitative estimate of drug-likeness (QED) is 0.794. The van der Waals surface area contributed by atoms with Gasteiger partial charge in [0.2, 0.25) is 0 Å². The Bertz CT molecular complexity index is 526. The average Bonchev–Trinajstić information content (AvgIpc) is 2.49. The van der Waals surface area contributed by atoms with Gasteiger partial charge < -0.3 is 4.74 Å². The van der Waals surface area contributed by atoms with Gasteiger partial charge in [0.05, 0.1) is 18.6 Å². The number of methoxy groups -OCH3 is 1. The number of nitriles is 1. The van der Waals surface area contributed by atoms with Crippen LogP contribution in [0.25, 0.3) is 0 Å². The van der Waals surface area contributed by atoms with Crippen LogP contribution in [0.3, 0.4) is 0 Å². The summed E-state index contributed by atoms with van der Waals surface area (Å²) in [7, 11) is 1.46. The Labute approximate surface area is 119 Å². The smallest absolute Gasteiger partial charge is 0.308 e. The molecule has 1 aromatic heterocycles. The van der Waals surface area contributed by atoms with E-state index in [1.807, 2.05) is 13.1 Å². The predicted molar refractivity (Wildman–Crippen MR) is 74.9 cm³/mol. The summed E-state index contributed by atoms with van der Waals surface area (Å²) in [6, 6.07) is 2.18. The van der Waals surface area contributed by atoms with Gasteiger partial charge in [0, 0.05) is 12.4 Å². The van der Waals surface area contributed by atoms with E-state index < -0.39 is 0 Å². The van der Waals surface area contributed by atoms with Crippen LogP contribution in [0.4, 0.5) is 0 Å². The Balaban J connectivity index is 1.97. The molecule has 20 heavy (non-hydrogen) atoms. The second-order valence-corrected chi connectivity index (χ2v) is 5.53. The first-order valence-corrected chi connectivity index (χ1v) is 7.07. The fourth-order valence-corrected chi connectivity index (χ4v) is 2.97. The number of pyridine rings is 1. The second kappa shape index (κ2) is 6.51. The molecule has 2 rings (SSSR count). The largest absolute Gasteiger partial charge is 0.469 e. The van der Waals surface area contributed by atoms with Crippen LogP contribution in [0, 0.1) is 30.1 Å². The number of ether oxygens (including phenoxy) is 1. The molecule has 0 amide bonds. The van der Waals surface area contributed by atoms with Crippen LogP contribution in [-0.4, -0.2) is 18.1 Å². The maximum Gasteiger partial charge on any atom is 0.308 e. The van der Waals surface area contributed by atoms with Crippen LogP contribution >= 0.6 is 0 Å². The molecule has 0 aliphatic heterocycles. The van der Waals surface area contributed by atoms with Gasteiger partial charge in [-0.25, -0.2) is 0 Å². The molecule has 1 saturated carbocycles. The van der Waals surface area contributed by atoms with E-state index >= 15 is 0 Å². The lowest BCUT2D eigenvalue weighted by Gasteiger charge is -2.27. The summed E-state index contributed by atoms with van der Waals surface area (Å²) in [6.45, 7) is 1.98. The molecule has 0 radical (unpaired) electrons. The number of hydrogen-bond donors (Lipinski definition) is 0. The van der Waals surface area contributed by atoms with Gasteiger partial charge in [-0.1, -0.05) is 0 Å². The third-order valence-corrected chi connectivity index (χ3v) is 4.33. The molecule has 1 aliphatic rings. The monoisotopic (exact) mass is 272 g/mol. The van der Waals surface area contributed by atoms with Crippen molar-refractivity contribution in [3.8, 4) is 6.07 Å². The van der Waals surface area contributed by atoms with Crippen LogP contribution in [0.5, 0.6) is 0 Å². The van der Waals surface area contributed by atoms with Crippen molar-refractivity contribution in [3.05, 3.63) is 29.1 Å². The first kappa shape index (κ1) is 14.5. The number of carbonyl (C=O) groups is 1. The fourth-order valence-electron chi connectivity index (χ4n) is 2.97. The molecule has 0 saturated heterocycles. The summed E-state index contributed by atoms with van der Waals surface area (Å²) >= 11 is 0. The Morgan fingerprint density at radius 2 is 2.10 bits per heavy atom. The van der Waals surface area contributed by atoms with E-state index in [0.29, 0.717) is 11.5 Å². The molecule has 1 aromatic rings. The highest BCUT2D eigenvalue weighted by molar-refractivity contribution is 5.72. The predicted octanol–water partition coefficient (Wildman–Crippen LogP) is 2.78. The molecule has 0 spiro atoms. The van der Waals surface area contributed by atoms with Gasteiger partial charge in [-0.3, -0.25) is 9.78 Å². The molecule has 1 fully saturated rings. The first-order valence-electron chi connectivity index (χ1n) is 7.07. The van der Waals surface area contributed by atoms with Gasteiger partial charge in [0.15, 0.2) is 0 Å². The minimum Gasteiger partial charge on any atom is -0.469 e. The number of rotatable bonds is 3. The van der Waals surface area contributed by atoms with Crippen molar-refractivity contribution in [2.75, 3.05) is 7.11 Å². The van der Waals surface area contributed by atoms with E-state index in [1.165, 1.54) is 7.11 Å². The molecule has 0 N–H and O–H groups in total. The number of carbonyl (C=O) groups excluding carboxylic acids is 1. The molecule has 4 heteroatoms. The van der Waals surface area contributed by atoms with Crippen LogP contribution in [0.2, 0.25) is 0 Å². The van der Waals surface area contributed by atoms with Crippen molar-refractivity contribution in [2.45, 2.75) is 39.0 Å². The molecule has 0 unspecified atom stereocenters. The first-order chi connectivity index (χ1) is 9.65. The summed E-state index contributed by atoms with van der Waals surface area (Å²) in [5, 5.41) is 9.03. The molecule has 1 aliphatic carbocycles. The maximum absolute atomic E-state index is 11.5. The van der Waals surface area contributed by atoms with Gasteiger partial charge in [0.1, 0.15) is 6.07 Å². The van der Waals surface area contributed by atoms with Crippen LogP contribution < -0.4 is 0 Å². The van der Waals surface area contributed by atoms with Gasteiger partial charge in [-0.2, -0.15) is 5.26 Å². The number of hydrogen-bond acceptors (Lipinski definition) is 4. The summed E-state index contributed by atoms with van der Waals surface area (Å²) in [6.07, 6.45) is 8.31. The Kier molecular flexibility index (Phi) is 4.73. The maximum atomic E-state index is 11.5. The van der Waals surface area contributed by atoms with Gasteiger partial charge in [-0.15, -0.1) is 0 Å². The standard InChI is InChI=1S/C16H20N2O2/c1-11-14(9-18-10-15(11)8-17)7-12-3-5-13(6-4-12)16(19)20-2/h9-10,12-13H,3-7H2,1-2H3/t12-,13-. The Morgan fingerprint density at radius 3 is 2.70 bits per heavy atom. The van der Waals surface area contributed by atoms with E-state index in [4.69, 9.17) is 10.00 Å². The normalized spacial score (nSPS) is 22.1. The summed E-state index contributed by atoms with van der Waals surface area (Å²) < 4.78 is 4.81. The van der Waals surface area contributed by atoms with Crippen LogP contribution in [-0.2, 0) is 16.0 Å². The molecule has 0 bridgehead atoms. The van der Waals surface area contributed by atoms with E-state index in [2.05, 4.69) is 11.1 Å². The van der Waals surface area contributed by atoms with Crippen molar-refractivity contribution < 1.29 is 9.53 Å². The van der Waals surface area contributed by atoms with Crippen molar-refractivity contribution >= 4 is 5.97 Å². The summed E-state index contributed by atoms with van der Waals surface area (Å²) in [5.41, 5.74) is 2.86. The van der Waals surface area contributed by atoms with Gasteiger partial charge >= 0.3 is 5.97 Å². The highest BCUT2D eigenvalue weighted by atomic mass is 16.5. The molecule has 0 aromatic carbocycles. The van der Waals surface area contributed by atoms with Crippen LogP contribution in [0.15, 0.2) is 12.4 Å². The number of esters is 1. The Hall–Kier alpha value is -1.89. The van der Waals surface area contributed by atoms with E-state index in [0.717, 1.165) is 43.2 Å². The minimum atomic E-state index is -0.0761. The lowest BCUT2D eigenvalue weighted by atomic mass is 9.79. The topological polar surface area (TPSA) is 63.0 Å². The SMILES string of the molecule is COC(=O)[C@H]1CC[C@H](Cc2cncc(C#N)c2C)CC1. The fraction of sp³-hybridized carbons (Fsp3) is 0.562. The second-order valence-electron chi connectivity index (χ2n) is 5.53.